The highest BCUT2D eigenvalue weighted by Crippen LogP contribution is 2.40. The van der Waals surface area contributed by atoms with E-state index in [-0.39, 0.29) is 0 Å². The Bertz CT molecular complexity index is 1130. The molecule has 0 bridgehead atoms. The van der Waals surface area contributed by atoms with Crippen molar-refractivity contribution in [3.8, 4) is 34.3 Å². The number of nitrogens with zero attached hydrogens (tertiary/aromatic N) is 1. The van der Waals surface area contributed by atoms with Gasteiger partial charge in [0.2, 0.25) is 0 Å². The molecule has 3 aromatic carbocycles. The van der Waals surface area contributed by atoms with Crippen LogP contribution in [0.2, 0.25) is 5.02 Å². The highest BCUT2D eigenvalue weighted by atomic mass is 35.5. The molecule has 28 heavy (non-hydrogen) atoms. The van der Waals surface area contributed by atoms with Crippen molar-refractivity contribution < 1.29 is 14.2 Å². The molecule has 0 saturated heterocycles. The topological polar surface area (TPSA) is 40.6 Å². The lowest BCUT2D eigenvalue weighted by molar-refractivity contribution is 0.404. The van der Waals surface area contributed by atoms with E-state index in [1.54, 1.807) is 14.2 Å². The number of para-hydroxylation sites is 1. The normalized spacial score (nSPS) is 10.7. The minimum Gasteiger partial charge on any atom is -0.497 e. The van der Waals surface area contributed by atoms with Gasteiger partial charge < -0.3 is 14.2 Å². The number of benzene rings is 3. The molecular weight excluding hydrogens is 374 g/mol. The molecule has 0 aliphatic rings. The van der Waals surface area contributed by atoms with Crippen LogP contribution in [0.25, 0.3) is 22.2 Å². The monoisotopic (exact) mass is 391 g/mol. The third kappa shape index (κ3) is 3.59. The van der Waals surface area contributed by atoms with Crippen LogP contribution in [0.3, 0.4) is 0 Å². The summed E-state index contributed by atoms with van der Waals surface area (Å²) in [5.41, 5.74) is 2.25. The Balaban J connectivity index is 1.95. The molecule has 0 radical (unpaired) electrons. The number of fused-ring (bicyclic) bond motifs is 1. The predicted octanol–water partition coefficient (Wildman–Crippen LogP) is 6.36. The first-order valence-corrected chi connectivity index (χ1v) is 9.11. The molecule has 0 fully saturated rings. The third-order valence-electron chi connectivity index (χ3n) is 4.37. The summed E-state index contributed by atoms with van der Waals surface area (Å²) >= 11 is 6.17. The summed E-state index contributed by atoms with van der Waals surface area (Å²) in [6, 6.07) is 22.7. The van der Waals surface area contributed by atoms with Gasteiger partial charge in [0.1, 0.15) is 22.9 Å². The number of hydrogen-bond donors (Lipinski definition) is 0. The van der Waals surface area contributed by atoms with Crippen molar-refractivity contribution in [1.29, 1.82) is 0 Å². The second-order valence-corrected chi connectivity index (χ2v) is 6.59. The molecule has 0 saturated carbocycles. The lowest BCUT2D eigenvalue weighted by Crippen LogP contribution is -1.96. The molecule has 0 aliphatic carbocycles. The Morgan fingerprint density at radius 2 is 1.57 bits per heavy atom. The van der Waals surface area contributed by atoms with E-state index < -0.39 is 0 Å². The second-order valence-electron chi connectivity index (χ2n) is 6.15. The smallest absolute Gasteiger partial charge is 0.154 e. The van der Waals surface area contributed by atoms with Crippen LogP contribution >= 0.6 is 11.6 Å². The second kappa shape index (κ2) is 7.79. The van der Waals surface area contributed by atoms with Gasteiger partial charge in [-0.15, -0.1) is 0 Å². The molecule has 0 spiro atoms. The van der Waals surface area contributed by atoms with E-state index in [9.17, 15) is 0 Å². The number of pyridine rings is 1. The Labute approximate surface area is 168 Å². The number of ether oxygens (including phenoxy) is 3. The molecule has 0 unspecified atom stereocenters. The van der Waals surface area contributed by atoms with Gasteiger partial charge >= 0.3 is 0 Å². The first kappa shape index (κ1) is 18.1. The molecule has 4 aromatic rings. The molecule has 0 N–H and O–H groups in total. The van der Waals surface area contributed by atoms with Crippen molar-refractivity contribution in [2.45, 2.75) is 0 Å². The fourth-order valence-electron chi connectivity index (χ4n) is 3.01. The third-order valence-corrected chi connectivity index (χ3v) is 4.61. The van der Waals surface area contributed by atoms with Crippen LogP contribution in [0.4, 0.5) is 0 Å². The van der Waals surface area contributed by atoms with Gasteiger partial charge in [-0.25, -0.2) is 4.98 Å². The van der Waals surface area contributed by atoms with Gasteiger partial charge in [-0.3, -0.25) is 0 Å². The average Bonchev–Trinajstić information content (AvgIpc) is 2.73. The van der Waals surface area contributed by atoms with Gasteiger partial charge in [-0.2, -0.15) is 0 Å². The number of aromatic nitrogens is 1. The van der Waals surface area contributed by atoms with Crippen LogP contribution in [0.5, 0.6) is 23.0 Å². The molecular formula is C23H18ClNO3. The molecule has 1 heterocycles. The van der Waals surface area contributed by atoms with E-state index in [2.05, 4.69) is 0 Å². The number of hydrogen-bond acceptors (Lipinski definition) is 4. The Morgan fingerprint density at radius 1 is 0.750 bits per heavy atom. The fraction of sp³-hybridized carbons (Fsp3) is 0.0870. The Morgan fingerprint density at radius 3 is 2.32 bits per heavy atom. The Hall–Kier alpha value is -3.24. The maximum atomic E-state index is 6.18. The standard InChI is InChI=1S/C23H18ClNO3/c1-26-18-9-11-21(27-2)19(14-18)23-22(28-17-6-4-3-5-7-17)13-15-12-16(24)8-10-20(15)25-23/h3-14H,1-2H3. The predicted molar refractivity (Wildman–Crippen MR) is 112 cm³/mol. The van der Waals surface area contributed by atoms with Crippen LogP contribution < -0.4 is 14.2 Å². The van der Waals surface area contributed by atoms with E-state index in [0.29, 0.717) is 33.7 Å². The number of methoxy groups -OCH3 is 2. The van der Waals surface area contributed by atoms with Crippen molar-refractivity contribution >= 4 is 22.5 Å². The van der Waals surface area contributed by atoms with Crippen LogP contribution in [-0.4, -0.2) is 19.2 Å². The van der Waals surface area contributed by atoms with Crippen molar-refractivity contribution in [2.24, 2.45) is 0 Å². The zero-order chi connectivity index (χ0) is 19.5. The van der Waals surface area contributed by atoms with Gasteiger partial charge in [0, 0.05) is 16.0 Å². The van der Waals surface area contributed by atoms with Crippen LogP contribution in [0.1, 0.15) is 0 Å². The fourth-order valence-corrected chi connectivity index (χ4v) is 3.19. The van der Waals surface area contributed by atoms with Gasteiger partial charge in [0.25, 0.3) is 0 Å². The van der Waals surface area contributed by atoms with E-state index in [4.69, 9.17) is 30.8 Å². The van der Waals surface area contributed by atoms with E-state index in [1.165, 1.54) is 0 Å². The van der Waals surface area contributed by atoms with Crippen LogP contribution in [0, 0.1) is 0 Å². The lowest BCUT2D eigenvalue weighted by Gasteiger charge is -2.15. The number of halogens is 1. The van der Waals surface area contributed by atoms with Gasteiger partial charge in [0.05, 0.1) is 19.7 Å². The summed E-state index contributed by atoms with van der Waals surface area (Å²) in [6.45, 7) is 0. The molecule has 5 heteroatoms. The molecule has 0 aliphatic heterocycles. The summed E-state index contributed by atoms with van der Waals surface area (Å²) in [5.74, 6) is 2.71. The minimum atomic E-state index is 0.604. The maximum absolute atomic E-state index is 6.18. The molecule has 4 nitrogen and oxygen atoms in total. The number of rotatable bonds is 5. The Kier molecular flexibility index (Phi) is 5.04. The van der Waals surface area contributed by atoms with Crippen LogP contribution in [0.15, 0.2) is 72.8 Å². The van der Waals surface area contributed by atoms with Gasteiger partial charge in [0.15, 0.2) is 5.75 Å². The van der Waals surface area contributed by atoms with Crippen LogP contribution in [-0.2, 0) is 0 Å². The first-order valence-electron chi connectivity index (χ1n) is 8.73. The summed E-state index contributed by atoms with van der Waals surface area (Å²) < 4.78 is 17.1. The van der Waals surface area contributed by atoms with Gasteiger partial charge in [-0.1, -0.05) is 29.8 Å². The maximum Gasteiger partial charge on any atom is 0.154 e. The summed E-state index contributed by atoms with van der Waals surface area (Å²) in [7, 11) is 3.26. The quantitative estimate of drug-likeness (QED) is 0.396. The molecule has 4 rings (SSSR count). The van der Waals surface area contributed by atoms with Gasteiger partial charge in [-0.05, 0) is 54.6 Å². The summed E-state index contributed by atoms with van der Waals surface area (Å²) in [5, 5.41) is 1.54. The largest absolute Gasteiger partial charge is 0.497 e. The zero-order valence-electron chi connectivity index (χ0n) is 15.5. The van der Waals surface area contributed by atoms with Crippen molar-refractivity contribution in [2.75, 3.05) is 14.2 Å². The summed E-state index contributed by atoms with van der Waals surface area (Å²) in [4.78, 5) is 4.85. The summed E-state index contributed by atoms with van der Waals surface area (Å²) in [6.07, 6.45) is 0. The first-order chi connectivity index (χ1) is 13.7. The lowest BCUT2D eigenvalue weighted by atomic mass is 10.1. The molecule has 0 amide bonds. The highest BCUT2D eigenvalue weighted by Gasteiger charge is 2.17. The van der Waals surface area contributed by atoms with Crippen molar-refractivity contribution in [3.05, 3.63) is 77.8 Å². The van der Waals surface area contributed by atoms with Crippen molar-refractivity contribution in [1.82, 2.24) is 4.98 Å². The van der Waals surface area contributed by atoms with Crippen molar-refractivity contribution in [3.63, 3.8) is 0 Å². The zero-order valence-corrected chi connectivity index (χ0v) is 16.2. The van der Waals surface area contributed by atoms with E-state index >= 15 is 0 Å². The SMILES string of the molecule is COc1ccc(OC)c(-c2nc3ccc(Cl)cc3cc2Oc2ccccc2)c1. The minimum absolute atomic E-state index is 0.604. The van der Waals surface area contributed by atoms with E-state index in [0.717, 1.165) is 16.5 Å². The van der Waals surface area contributed by atoms with E-state index in [1.807, 2.05) is 72.8 Å². The molecule has 0 atom stereocenters. The molecule has 1 aromatic heterocycles. The molecule has 140 valence electrons. The highest BCUT2D eigenvalue weighted by molar-refractivity contribution is 6.31. The average molecular weight is 392 g/mol.